The van der Waals surface area contributed by atoms with E-state index in [1.54, 1.807) is 30.6 Å². The van der Waals surface area contributed by atoms with Gasteiger partial charge in [-0.05, 0) is 0 Å². The number of non-ortho nitro benzene ring substituents is 1. The number of H-pyrrole nitrogens is 1. The summed E-state index contributed by atoms with van der Waals surface area (Å²) in [6.07, 6.45) is 3.24. The second-order valence-corrected chi connectivity index (χ2v) is 2.25. The fourth-order valence-corrected chi connectivity index (χ4v) is 0.716. The number of nitro benzene ring substituents is 1. The monoisotopic (exact) mass is 192 g/mol. The minimum atomic E-state index is -0.417. The third-order valence-electron chi connectivity index (χ3n) is 1.30. The molecule has 0 aliphatic rings. The molecule has 6 heteroatoms. The van der Waals surface area contributed by atoms with Crippen LogP contribution in [0.1, 0.15) is 0 Å². The second kappa shape index (κ2) is 5.41. The van der Waals surface area contributed by atoms with Crippen molar-refractivity contribution in [1.29, 1.82) is 0 Å². The lowest BCUT2D eigenvalue weighted by Gasteiger charge is -1.85. The summed E-state index contributed by atoms with van der Waals surface area (Å²) in [5.41, 5.74) is 0.137. The van der Waals surface area contributed by atoms with Gasteiger partial charge in [-0.2, -0.15) is 0 Å². The van der Waals surface area contributed by atoms with Crippen LogP contribution in [0.25, 0.3) is 0 Å². The fraction of sp³-hybridized carbons (Fsp3) is 0. The first-order chi connectivity index (χ1) is 6.80. The lowest BCUT2D eigenvalue weighted by Crippen LogP contribution is -1.84. The van der Waals surface area contributed by atoms with Gasteiger partial charge in [-0.3, -0.25) is 15.2 Å². The number of nitrogens with one attached hydrogen (secondary N) is 1. The van der Waals surface area contributed by atoms with E-state index in [2.05, 4.69) is 15.4 Å². The maximum absolute atomic E-state index is 10.0. The Bertz CT molecular complexity index is 343. The normalized spacial score (nSPS) is 8.57. The Morgan fingerprint density at radius 3 is 2.29 bits per heavy atom. The number of nitrogens with zero attached hydrogens (tertiary/aromatic N) is 3. The highest BCUT2D eigenvalue weighted by atomic mass is 16.6. The van der Waals surface area contributed by atoms with Gasteiger partial charge in [-0.15, -0.1) is 5.10 Å². The molecule has 0 saturated heterocycles. The first-order valence-electron chi connectivity index (χ1n) is 3.80. The molecule has 1 aromatic carbocycles. The van der Waals surface area contributed by atoms with Crippen molar-refractivity contribution in [2.45, 2.75) is 0 Å². The Balaban J connectivity index is 0.000000165. The van der Waals surface area contributed by atoms with Crippen LogP contribution in [0.2, 0.25) is 0 Å². The number of hydrogen-bond acceptors (Lipinski definition) is 4. The summed E-state index contributed by atoms with van der Waals surface area (Å²) in [5.74, 6) is 0. The average molecular weight is 192 g/mol. The van der Waals surface area contributed by atoms with Crippen LogP contribution in [0, 0.1) is 10.1 Å². The van der Waals surface area contributed by atoms with E-state index >= 15 is 0 Å². The van der Waals surface area contributed by atoms with E-state index in [1.807, 2.05) is 0 Å². The summed E-state index contributed by atoms with van der Waals surface area (Å²) >= 11 is 0. The number of para-hydroxylation sites is 1. The van der Waals surface area contributed by atoms with E-state index in [9.17, 15) is 10.1 Å². The summed E-state index contributed by atoms with van der Waals surface area (Å²) < 4.78 is 0. The van der Waals surface area contributed by atoms with Gasteiger partial charge in [0, 0.05) is 18.3 Å². The van der Waals surface area contributed by atoms with Crippen LogP contribution in [0.3, 0.4) is 0 Å². The third-order valence-corrected chi connectivity index (χ3v) is 1.30. The van der Waals surface area contributed by atoms with Crippen LogP contribution in [0.4, 0.5) is 5.69 Å². The number of hydrogen-bond donors (Lipinski definition) is 1. The van der Waals surface area contributed by atoms with E-state index in [4.69, 9.17) is 0 Å². The van der Waals surface area contributed by atoms with E-state index in [0.29, 0.717) is 0 Å². The van der Waals surface area contributed by atoms with E-state index < -0.39 is 4.92 Å². The molecule has 2 rings (SSSR count). The van der Waals surface area contributed by atoms with Crippen molar-refractivity contribution in [3.8, 4) is 0 Å². The van der Waals surface area contributed by atoms with Gasteiger partial charge in [0.2, 0.25) is 0 Å². The number of aromatic nitrogens is 3. The van der Waals surface area contributed by atoms with Crippen molar-refractivity contribution in [3.05, 3.63) is 52.8 Å². The predicted octanol–water partition coefficient (Wildman–Crippen LogP) is 1.40. The molecule has 0 bridgehead atoms. The van der Waals surface area contributed by atoms with E-state index in [1.165, 1.54) is 12.1 Å². The van der Waals surface area contributed by atoms with Gasteiger partial charge in [0.1, 0.15) is 0 Å². The zero-order valence-corrected chi connectivity index (χ0v) is 7.20. The zero-order chi connectivity index (χ0) is 10.2. The molecule has 1 aromatic heterocycles. The Kier molecular flexibility index (Phi) is 3.81. The van der Waals surface area contributed by atoms with Crippen molar-refractivity contribution in [2.75, 3.05) is 0 Å². The smallest absolute Gasteiger partial charge is 0.266 e. The molecule has 6 nitrogen and oxygen atoms in total. The molecule has 0 atom stereocenters. The van der Waals surface area contributed by atoms with Crippen molar-refractivity contribution >= 4 is 5.69 Å². The molecule has 1 heterocycles. The minimum Gasteiger partial charge on any atom is -0.266 e. The molecular formula is C8H8N4O2. The van der Waals surface area contributed by atoms with Crippen LogP contribution >= 0.6 is 0 Å². The van der Waals surface area contributed by atoms with Gasteiger partial charge in [0.25, 0.3) is 5.69 Å². The molecule has 0 fully saturated rings. The molecule has 0 aliphatic carbocycles. The zero-order valence-electron chi connectivity index (χ0n) is 7.20. The number of aromatic amines is 1. The van der Waals surface area contributed by atoms with Crippen molar-refractivity contribution in [1.82, 2.24) is 15.4 Å². The van der Waals surface area contributed by atoms with Gasteiger partial charge < -0.3 is 0 Å². The SMILES string of the molecule is O=[N+]([O-])c1ccccc1.c1c[nH]nn1. The molecule has 0 aliphatic heterocycles. The molecule has 14 heavy (non-hydrogen) atoms. The Labute approximate surface area is 79.7 Å². The number of rotatable bonds is 1. The molecule has 0 saturated carbocycles. The molecule has 2 aromatic rings. The average Bonchev–Trinajstić information content (AvgIpc) is 2.77. The third kappa shape index (κ3) is 3.44. The first kappa shape index (κ1) is 9.85. The molecule has 0 amide bonds. The van der Waals surface area contributed by atoms with Crippen molar-refractivity contribution in [2.24, 2.45) is 0 Å². The summed E-state index contributed by atoms with van der Waals surface area (Å²) in [7, 11) is 0. The summed E-state index contributed by atoms with van der Waals surface area (Å²) in [4.78, 5) is 9.59. The minimum absolute atomic E-state index is 0.137. The summed E-state index contributed by atoms with van der Waals surface area (Å²) in [6, 6.07) is 7.93. The van der Waals surface area contributed by atoms with Gasteiger partial charge in [-0.25, -0.2) is 0 Å². The molecule has 1 N–H and O–H groups in total. The predicted molar refractivity (Wildman–Crippen MR) is 49.5 cm³/mol. The van der Waals surface area contributed by atoms with Gasteiger partial charge in [0.05, 0.1) is 11.1 Å². The Morgan fingerprint density at radius 1 is 1.29 bits per heavy atom. The van der Waals surface area contributed by atoms with E-state index in [0.717, 1.165) is 0 Å². The standard InChI is InChI=1S/C6H5NO2.C2H3N3/c8-7(9)6-4-2-1-3-5-6;1-2-4-5-3-1/h1-5H;1-2H,(H,3,4,5). The summed E-state index contributed by atoms with van der Waals surface area (Å²) in [6.45, 7) is 0. The largest absolute Gasteiger partial charge is 0.269 e. The van der Waals surface area contributed by atoms with Crippen molar-refractivity contribution in [3.63, 3.8) is 0 Å². The highest BCUT2D eigenvalue weighted by Gasteiger charge is 1.98. The second-order valence-electron chi connectivity index (χ2n) is 2.25. The first-order valence-corrected chi connectivity index (χ1v) is 3.80. The van der Waals surface area contributed by atoms with Crippen LogP contribution < -0.4 is 0 Å². The maximum atomic E-state index is 10.0. The van der Waals surface area contributed by atoms with Crippen LogP contribution in [0.5, 0.6) is 0 Å². The van der Waals surface area contributed by atoms with Crippen LogP contribution in [0.15, 0.2) is 42.7 Å². The highest BCUT2D eigenvalue weighted by Crippen LogP contribution is 2.06. The lowest BCUT2D eigenvalue weighted by atomic mass is 10.3. The molecule has 0 radical (unpaired) electrons. The topological polar surface area (TPSA) is 84.7 Å². The quantitative estimate of drug-likeness (QED) is 0.546. The van der Waals surface area contributed by atoms with Crippen LogP contribution in [-0.2, 0) is 0 Å². The highest BCUT2D eigenvalue weighted by molar-refractivity contribution is 5.27. The van der Waals surface area contributed by atoms with E-state index in [-0.39, 0.29) is 5.69 Å². The molecular weight excluding hydrogens is 184 g/mol. The fourth-order valence-electron chi connectivity index (χ4n) is 0.716. The maximum Gasteiger partial charge on any atom is 0.269 e. The number of benzene rings is 1. The summed E-state index contributed by atoms with van der Waals surface area (Å²) in [5, 5.41) is 19.3. The van der Waals surface area contributed by atoms with Crippen molar-refractivity contribution < 1.29 is 4.92 Å². The number of nitro groups is 1. The van der Waals surface area contributed by atoms with Gasteiger partial charge >= 0.3 is 0 Å². The Hall–Kier alpha value is -2.24. The molecule has 72 valence electrons. The Morgan fingerprint density at radius 2 is 2.00 bits per heavy atom. The lowest BCUT2D eigenvalue weighted by molar-refractivity contribution is -0.384. The molecule has 0 unspecified atom stereocenters. The van der Waals surface area contributed by atoms with Gasteiger partial charge in [-0.1, -0.05) is 23.4 Å². The molecule has 0 spiro atoms. The van der Waals surface area contributed by atoms with Gasteiger partial charge in [0.15, 0.2) is 0 Å². The van der Waals surface area contributed by atoms with Crippen LogP contribution in [-0.4, -0.2) is 20.3 Å².